The van der Waals surface area contributed by atoms with Crippen molar-refractivity contribution in [1.82, 2.24) is 14.7 Å². The Morgan fingerprint density at radius 1 is 1.17 bits per heavy atom. The molecule has 6 nitrogen and oxygen atoms in total. The maximum atomic E-state index is 13.4. The topological polar surface area (TPSA) is 60.9 Å². The van der Waals surface area contributed by atoms with E-state index >= 15 is 0 Å². The first-order chi connectivity index (χ1) is 17.3. The number of halogens is 2. The Morgan fingerprint density at radius 2 is 1.92 bits per heavy atom. The van der Waals surface area contributed by atoms with Gasteiger partial charge >= 0.3 is 0 Å². The van der Waals surface area contributed by atoms with Crippen LogP contribution in [-0.4, -0.2) is 70.2 Å². The van der Waals surface area contributed by atoms with Crippen LogP contribution >= 0.6 is 11.6 Å². The van der Waals surface area contributed by atoms with Crippen LogP contribution in [0.15, 0.2) is 24.3 Å². The summed E-state index contributed by atoms with van der Waals surface area (Å²) in [6.45, 7) is 4.01. The summed E-state index contributed by atoms with van der Waals surface area (Å²) < 4.78 is 13.4. The van der Waals surface area contributed by atoms with Gasteiger partial charge in [0.1, 0.15) is 11.9 Å². The molecule has 194 valence electrons. The van der Waals surface area contributed by atoms with Crippen molar-refractivity contribution in [3.05, 3.63) is 40.7 Å². The number of fused-ring (bicyclic) bond motifs is 1. The normalized spacial score (nSPS) is 27.5. The molecule has 1 spiro atoms. The lowest BCUT2D eigenvalue weighted by Crippen LogP contribution is -2.65. The number of carbonyl (C=O) groups is 3. The van der Waals surface area contributed by atoms with Gasteiger partial charge in [-0.2, -0.15) is 0 Å². The van der Waals surface area contributed by atoms with Gasteiger partial charge in [0.05, 0.1) is 5.02 Å². The zero-order valence-corrected chi connectivity index (χ0v) is 21.7. The van der Waals surface area contributed by atoms with Crippen molar-refractivity contribution in [2.45, 2.75) is 82.8 Å². The van der Waals surface area contributed by atoms with Crippen molar-refractivity contribution < 1.29 is 18.8 Å². The second-order valence-electron chi connectivity index (χ2n) is 11.1. The van der Waals surface area contributed by atoms with E-state index in [-0.39, 0.29) is 34.8 Å². The quantitative estimate of drug-likeness (QED) is 0.536. The summed E-state index contributed by atoms with van der Waals surface area (Å²) in [6.07, 6.45) is 11.9. The molecule has 8 heteroatoms. The summed E-state index contributed by atoms with van der Waals surface area (Å²) in [5, 5.41) is 0.000561. The first kappa shape index (κ1) is 25.2. The van der Waals surface area contributed by atoms with E-state index in [0.717, 1.165) is 45.2 Å². The van der Waals surface area contributed by atoms with Crippen molar-refractivity contribution in [2.24, 2.45) is 5.41 Å². The first-order valence-corrected chi connectivity index (χ1v) is 13.7. The Hall–Kier alpha value is -2.41. The molecule has 0 N–H and O–H groups in total. The highest BCUT2D eigenvalue weighted by Gasteiger charge is 2.46. The molecule has 36 heavy (non-hydrogen) atoms. The Balaban J connectivity index is 1.18. The highest BCUT2D eigenvalue weighted by atomic mass is 35.5. The van der Waals surface area contributed by atoms with Crippen molar-refractivity contribution in [3.8, 4) is 0 Å². The van der Waals surface area contributed by atoms with E-state index in [2.05, 4.69) is 0 Å². The van der Waals surface area contributed by atoms with Crippen molar-refractivity contribution in [3.63, 3.8) is 0 Å². The van der Waals surface area contributed by atoms with Gasteiger partial charge in [0.15, 0.2) is 0 Å². The Bertz CT molecular complexity index is 1060. The fraction of sp³-hybridized carbons (Fsp3) is 0.607. The highest BCUT2D eigenvalue weighted by molar-refractivity contribution is 6.30. The van der Waals surface area contributed by atoms with Crippen LogP contribution in [0, 0.1) is 11.2 Å². The average molecular weight is 516 g/mol. The molecule has 3 saturated heterocycles. The van der Waals surface area contributed by atoms with Crippen LogP contribution in [0.2, 0.25) is 5.02 Å². The van der Waals surface area contributed by atoms with Crippen LogP contribution in [0.3, 0.4) is 0 Å². The standard InChI is InChI=1S/C28H35ClFN3O3/c1-19-27(36)33-21(7-10-25(34)31-15-13-28(11-12-28)14-16-31)3-2-4-22(33)18-32(19)26(35)9-6-20-5-8-24(30)23(29)17-20/h5-6,8-9,17,19,21-22H,2-4,7,10-16,18H2,1H3/b9-6+. The van der Waals surface area contributed by atoms with E-state index in [9.17, 15) is 18.8 Å². The van der Waals surface area contributed by atoms with E-state index in [1.165, 1.54) is 31.1 Å². The maximum absolute atomic E-state index is 13.4. The maximum Gasteiger partial charge on any atom is 0.247 e. The second-order valence-corrected chi connectivity index (χ2v) is 11.5. The monoisotopic (exact) mass is 515 g/mol. The Labute approximate surface area is 217 Å². The molecule has 1 aliphatic carbocycles. The molecule has 1 saturated carbocycles. The third-order valence-electron chi connectivity index (χ3n) is 8.82. The highest BCUT2D eigenvalue weighted by Crippen LogP contribution is 2.53. The predicted octanol–water partition coefficient (Wildman–Crippen LogP) is 4.66. The molecule has 4 fully saturated rings. The van der Waals surface area contributed by atoms with E-state index < -0.39 is 11.9 Å². The summed E-state index contributed by atoms with van der Waals surface area (Å²) in [5.74, 6) is -0.574. The van der Waals surface area contributed by atoms with Gasteiger partial charge in [-0.15, -0.1) is 0 Å². The minimum absolute atomic E-state index is 0.000561. The second kappa shape index (κ2) is 10.2. The molecule has 1 aromatic carbocycles. The minimum atomic E-state index is -0.566. The van der Waals surface area contributed by atoms with Gasteiger partial charge in [0, 0.05) is 44.2 Å². The van der Waals surface area contributed by atoms with Crippen molar-refractivity contribution >= 4 is 35.4 Å². The summed E-state index contributed by atoms with van der Waals surface area (Å²) in [7, 11) is 0. The molecule has 3 aliphatic heterocycles. The van der Waals surface area contributed by atoms with Gasteiger partial charge in [-0.3, -0.25) is 14.4 Å². The first-order valence-electron chi connectivity index (χ1n) is 13.3. The number of carbonyl (C=O) groups excluding carboxylic acids is 3. The third-order valence-corrected chi connectivity index (χ3v) is 9.11. The number of benzene rings is 1. The van der Waals surface area contributed by atoms with Crippen LogP contribution in [-0.2, 0) is 14.4 Å². The number of piperidine rings is 2. The van der Waals surface area contributed by atoms with Crippen LogP contribution in [0.1, 0.15) is 70.3 Å². The molecule has 3 heterocycles. The van der Waals surface area contributed by atoms with E-state index in [1.54, 1.807) is 24.0 Å². The number of nitrogens with zero attached hydrogens (tertiary/aromatic N) is 3. The molecule has 4 aliphatic rings. The lowest BCUT2D eigenvalue weighted by Gasteiger charge is -2.50. The van der Waals surface area contributed by atoms with Crippen molar-refractivity contribution in [2.75, 3.05) is 19.6 Å². The molecule has 3 amide bonds. The molecule has 3 atom stereocenters. The average Bonchev–Trinajstić information content (AvgIpc) is 3.64. The molecule has 0 bridgehead atoms. The lowest BCUT2D eigenvalue weighted by atomic mass is 9.88. The smallest absolute Gasteiger partial charge is 0.247 e. The Kier molecular flexibility index (Phi) is 7.12. The summed E-state index contributed by atoms with van der Waals surface area (Å²) in [5.41, 5.74) is 1.17. The molecule has 0 aromatic heterocycles. The predicted molar refractivity (Wildman–Crippen MR) is 137 cm³/mol. The van der Waals surface area contributed by atoms with Gasteiger partial charge in [0.25, 0.3) is 0 Å². The lowest BCUT2D eigenvalue weighted by molar-refractivity contribution is -0.158. The van der Waals surface area contributed by atoms with Crippen molar-refractivity contribution in [1.29, 1.82) is 0 Å². The van der Waals surface area contributed by atoms with E-state index in [1.807, 2.05) is 9.80 Å². The number of likely N-dealkylation sites (tertiary alicyclic amines) is 1. The zero-order valence-electron chi connectivity index (χ0n) is 20.9. The Morgan fingerprint density at radius 3 is 2.61 bits per heavy atom. The van der Waals surface area contributed by atoms with Gasteiger partial charge < -0.3 is 14.7 Å². The van der Waals surface area contributed by atoms with E-state index in [0.29, 0.717) is 30.4 Å². The van der Waals surface area contributed by atoms with Gasteiger partial charge in [-0.1, -0.05) is 17.7 Å². The van der Waals surface area contributed by atoms with Crippen LogP contribution in [0.5, 0.6) is 0 Å². The largest absolute Gasteiger partial charge is 0.343 e. The van der Waals surface area contributed by atoms with Gasteiger partial charge in [0.2, 0.25) is 17.7 Å². The fourth-order valence-corrected chi connectivity index (χ4v) is 6.43. The number of hydrogen-bond donors (Lipinski definition) is 0. The third kappa shape index (κ3) is 5.17. The number of rotatable bonds is 5. The summed E-state index contributed by atoms with van der Waals surface area (Å²) in [4.78, 5) is 44.9. The van der Waals surface area contributed by atoms with Crippen LogP contribution < -0.4 is 0 Å². The number of amides is 3. The van der Waals surface area contributed by atoms with Gasteiger partial charge in [-0.05, 0) is 87.5 Å². The van der Waals surface area contributed by atoms with E-state index in [4.69, 9.17) is 11.6 Å². The molecule has 3 unspecified atom stereocenters. The number of hydrogen-bond acceptors (Lipinski definition) is 3. The van der Waals surface area contributed by atoms with Crippen LogP contribution in [0.25, 0.3) is 6.08 Å². The fourth-order valence-electron chi connectivity index (χ4n) is 6.24. The SMILES string of the molecule is CC1C(=O)N2C(CCC(=O)N3CCC4(CC3)CC4)CCCC2CN1C(=O)/C=C/c1ccc(F)c(Cl)c1. The summed E-state index contributed by atoms with van der Waals surface area (Å²) in [6, 6.07) is 3.75. The molecule has 0 radical (unpaired) electrons. The zero-order chi connectivity index (χ0) is 25.4. The molecular formula is C28H35ClFN3O3. The molecule has 1 aromatic rings. The summed E-state index contributed by atoms with van der Waals surface area (Å²) >= 11 is 5.83. The number of piperazine rings is 1. The van der Waals surface area contributed by atoms with Gasteiger partial charge in [-0.25, -0.2) is 4.39 Å². The molecular weight excluding hydrogens is 481 g/mol. The van der Waals surface area contributed by atoms with Crippen LogP contribution in [0.4, 0.5) is 4.39 Å². The minimum Gasteiger partial charge on any atom is -0.343 e. The molecule has 5 rings (SSSR count).